The maximum absolute atomic E-state index is 11.7. The predicted molar refractivity (Wildman–Crippen MR) is 92.1 cm³/mol. The highest BCUT2D eigenvalue weighted by Crippen LogP contribution is 2.47. The number of carboxylic acid groups (broad SMARTS) is 1. The Kier molecular flexibility index (Phi) is 2.94. The van der Waals surface area contributed by atoms with Gasteiger partial charge in [-0.2, -0.15) is 0 Å². The van der Waals surface area contributed by atoms with E-state index in [-0.39, 0.29) is 5.92 Å². The summed E-state index contributed by atoms with van der Waals surface area (Å²) in [7, 11) is 0. The summed E-state index contributed by atoms with van der Waals surface area (Å²) in [4.78, 5) is 11.7. The third-order valence-corrected chi connectivity index (χ3v) is 4.97. The smallest absolute Gasteiger partial charge is 0.326 e. The predicted octanol–water partition coefficient (Wildman–Crippen LogP) is 3.01. The molecule has 0 amide bonds. The van der Waals surface area contributed by atoms with E-state index in [2.05, 4.69) is 16.7 Å². The molecule has 6 nitrogen and oxygen atoms in total. The van der Waals surface area contributed by atoms with Crippen LogP contribution in [0.15, 0.2) is 46.7 Å². The van der Waals surface area contributed by atoms with Crippen molar-refractivity contribution in [2.75, 3.05) is 11.9 Å². The number of furan rings is 1. The molecule has 6 heteroatoms. The Hall–Kier alpha value is -3.15. The Morgan fingerprint density at radius 3 is 3.04 bits per heavy atom. The van der Waals surface area contributed by atoms with Gasteiger partial charge in [-0.05, 0) is 30.2 Å². The molecule has 0 saturated carbocycles. The third-order valence-electron chi connectivity index (χ3n) is 4.97. The number of rotatable bonds is 2. The molecule has 0 fully saturated rings. The third kappa shape index (κ3) is 2.07. The molecule has 25 heavy (non-hydrogen) atoms. The maximum atomic E-state index is 11.7. The number of allylic oxidation sites excluding steroid dienone is 1. The van der Waals surface area contributed by atoms with Crippen LogP contribution in [0.25, 0.3) is 11.8 Å². The number of hydrogen-bond donors (Lipinski definition) is 3. The Morgan fingerprint density at radius 1 is 1.28 bits per heavy atom. The van der Waals surface area contributed by atoms with E-state index in [4.69, 9.17) is 9.15 Å². The number of hydrogen-bond acceptors (Lipinski definition) is 5. The first-order valence-electron chi connectivity index (χ1n) is 8.23. The number of carboxylic acids is 1. The van der Waals surface area contributed by atoms with Crippen molar-refractivity contribution in [2.45, 2.75) is 18.4 Å². The van der Waals surface area contributed by atoms with Crippen LogP contribution < -0.4 is 15.4 Å². The van der Waals surface area contributed by atoms with E-state index in [9.17, 15) is 9.90 Å². The van der Waals surface area contributed by atoms with Crippen LogP contribution in [-0.2, 0) is 4.79 Å². The summed E-state index contributed by atoms with van der Waals surface area (Å²) in [5, 5.41) is 16.2. The van der Waals surface area contributed by atoms with Gasteiger partial charge in [0.2, 0.25) is 0 Å². The SMILES string of the molecule is O=C(O)C1CC2C(=C(c3coc4c3C=CCO4)N1)Nc1ccccc12. The van der Waals surface area contributed by atoms with Crippen molar-refractivity contribution in [3.05, 3.63) is 59.0 Å². The Balaban J connectivity index is 1.68. The van der Waals surface area contributed by atoms with Crippen LogP contribution in [0.4, 0.5) is 5.69 Å². The Bertz CT molecular complexity index is 941. The lowest BCUT2D eigenvalue weighted by atomic mass is 9.86. The van der Waals surface area contributed by atoms with Crippen molar-refractivity contribution in [3.63, 3.8) is 0 Å². The van der Waals surface area contributed by atoms with Crippen molar-refractivity contribution < 1.29 is 19.1 Å². The molecule has 3 aliphatic heterocycles. The minimum atomic E-state index is -0.856. The molecule has 0 aliphatic carbocycles. The highest BCUT2D eigenvalue weighted by atomic mass is 16.6. The van der Waals surface area contributed by atoms with E-state index in [1.807, 2.05) is 30.4 Å². The van der Waals surface area contributed by atoms with Crippen molar-refractivity contribution in [1.29, 1.82) is 0 Å². The number of aliphatic carboxylic acids is 1. The summed E-state index contributed by atoms with van der Waals surface area (Å²) in [6.07, 6.45) is 6.00. The van der Waals surface area contributed by atoms with Crippen LogP contribution in [0.3, 0.4) is 0 Å². The molecule has 2 aromatic rings. The molecule has 126 valence electrons. The molecule has 1 aromatic carbocycles. The summed E-state index contributed by atoms with van der Waals surface area (Å²) >= 11 is 0. The minimum absolute atomic E-state index is 0.0209. The maximum Gasteiger partial charge on any atom is 0.326 e. The summed E-state index contributed by atoms with van der Waals surface area (Å²) < 4.78 is 11.0. The number of anilines is 1. The second kappa shape index (κ2) is 5.17. The van der Waals surface area contributed by atoms with Crippen molar-refractivity contribution in [3.8, 4) is 5.95 Å². The van der Waals surface area contributed by atoms with Crippen LogP contribution >= 0.6 is 0 Å². The number of ether oxygens (including phenoxy) is 1. The average molecular weight is 336 g/mol. The van der Waals surface area contributed by atoms with Gasteiger partial charge in [-0.3, -0.25) is 0 Å². The molecular formula is C19H16N2O4. The minimum Gasteiger partial charge on any atom is -0.480 e. The van der Waals surface area contributed by atoms with Crippen molar-refractivity contribution >= 4 is 23.4 Å². The molecule has 2 atom stereocenters. The molecule has 0 saturated heterocycles. The fourth-order valence-corrected chi connectivity index (χ4v) is 3.82. The van der Waals surface area contributed by atoms with E-state index in [0.29, 0.717) is 19.0 Å². The van der Waals surface area contributed by atoms with Crippen LogP contribution in [0, 0.1) is 0 Å². The van der Waals surface area contributed by atoms with Crippen molar-refractivity contribution in [1.82, 2.24) is 5.32 Å². The van der Waals surface area contributed by atoms with E-state index in [1.165, 1.54) is 0 Å². The van der Waals surface area contributed by atoms with Gasteiger partial charge in [0, 0.05) is 22.9 Å². The topological polar surface area (TPSA) is 83.7 Å². The summed E-state index contributed by atoms with van der Waals surface area (Å²) in [6, 6.07) is 7.37. The first-order chi connectivity index (χ1) is 12.2. The molecule has 3 N–H and O–H groups in total. The van der Waals surface area contributed by atoms with E-state index in [1.54, 1.807) is 6.26 Å². The normalized spacial score (nSPS) is 23.0. The number of carbonyl (C=O) groups is 1. The van der Waals surface area contributed by atoms with Crippen LogP contribution in [0.1, 0.15) is 29.0 Å². The van der Waals surface area contributed by atoms with Gasteiger partial charge in [-0.15, -0.1) is 0 Å². The van der Waals surface area contributed by atoms with E-state index >= 15 is 0 Å². The number of benzene rings is 1. The van der Waals surface area contributed by atoms with E-state index < -0.39 is 12.0 Å². The zero-order valence-electron chi connectivity index (χ0n) is 13.3. The zero-order chi connectivity index (χ0) is 17.0. The first-order valence-corrected chi connectivity index (χ1v) is 8.23. The molecule has 0 spiro atoms. The van der Waals surface area contributed by atoms with Crippen molar-refractivity contribution in [2.24, 2.45) is 0 Å². The molecule has 3 aliphatic rings. The molecule has 1 aromatic heterocycles. The molecule has 0 radical (unpaired) electrons. The highest BCUT2D eigenvalue weighted by Gasteiger charge is 2.39. The van der Waals surface area contributed by atoms with Gasteiger partial charge in [0.05, 0.1) is 11.3 Å². The lowest BCUT2D eigenvalue weighted by Crippen LogP contribution is -2.41. The molecule has 2 unspecified atom stereocenters. The average Bonchev–Trinajstić information content (AvgIpc) is 3.22. The van der Waals surface area contributed by atoms with Crippen LogP contribution in [0.2, 0.25) is 0 Å². The quantitative estimate of drug-likeness (QED) is 0.782. The summed E-state index contributed by atoms with van der Waals surface area (Å²) in [6.45, 7) is 0.476. The first kappa shape index (κ1) is 14.2. The van der Waals surface area contributed by atoms with Gasteiger partial charge in [0.15, 0.2) is 0 Å². The van der Waals surface area contributed by atoms with Crippen LogP contribution in [-0.4, -0.2) is 23.7 Å². The number of para-hydroxylation sites is 1. The summed E-state index contributed by atoms with van der Waals surface area (Å²) in [5.74, 6) is -0.366. The zero-order valence-corrected chi connectivity index (χ0v) is 13.3. The van der Waals surface area contributed by atoms with Gasteiger partial charge in [0.1, 0.15) is 18.9 Å². The lowest BCUT2D eigenvalue weighted by Gasteiger charge is -2.30. The fraction of sp³-hybridized carbons (Fsp3) is 0.211. The molecule has 4 heterocycles. The van der Waals surface area contributed by atoms with Gasteiger partial charge in [-0.25, -0.2) is 4.79 Å². The lowest BCUT2D eigenvalue weighted by molar-refractivity contribution is -0.139. The summed E-state index contributed by atoms with van der Waals surface area (Å²) in [5.41, 5.74) is 5.56. The molecule has 0 bridgehead atoms. The van der Waals surface area contributed by atoms with Gasteiger partial charge in [0.25, 0.3) is 5.95 Å². The fourth-order valence-electron chi connectivity index (χ4n) is 3.82. The monoisotopic (exact) mass is 336 g/mol. The Morgan fingerprint density at radius 2 is 2.16 bits per heavy atom. The Labute approximate surface area is 143 Å². The standard InChI is InChI=1S/C19H16N2O4/c22-18(23)15-8-12-10-4-1-2-6-14(10)20-16(12)17(21-15)13-9-25-19-11(13)5-3-7-24-19/h1-6,9,12,15,20-21H,7-8H2,(H,22,23). The highest BCUT2D eigenvalue weighted by molar-refractivity contribution is 5.87. The second-order valence-electron chi connectivity index (χ2n) is 6.39. The van der Waals surface area contributed by atoms with Crippen LogP contribution in [0.5, 0.6) is 5.95 Å². The second-order valence-corrected chi connectivity index (χ2v) is 6.39. The molecule has 5 rings (SSSR count). The largest absolute Gasteiger partial charge is 0.480 e. The molecular weight excluding hydrogens is 320 g/mol. The van der Waals surface area contributed by atoms with Gasteiger partial charge in [-0.1, -0.05) is 18.2 Å². The van der Waals surface area contributed by atoms with E-state index in [0.717, 1.165) is 33.8 Å². The van der Waals surface area contributed by atoms with Gasteiger partial charge >= 0.3 is 5.97 Å². The van der Waals surface area contributed by atoms with Gasteiger partial charge < -0.3 is 24.9 Å². The number of fused-ring (bicyclic) bond motifs is 4. The number of nitrogens with one attached hydrogen (secondary N) is 2.